The standard InChI is InChI=1S/C19H20Cl2N4O2S/c1-3-26-17-6-4-5-13(10-22-25-12(2)23-24-19(25)28)18(17)27-11-14-7-8-15(20)9-16(14)21/h4-9,22H,3,10-11H2,1-2H3,(H,24,28). The number of aromatic amines is 1. The summed E-state index contributed by atoms with van der Waals surface area (Å²) in [6.45, 7) is 5.08. The van der Waals surface area contributed by atoms with Gasteiger partial charge >= 0.3 is 0 Å². The maximum Gasteiger partial charge on any atom is 0.214 e. The number of benzene rings is 2. The molecule has 28 heavy (non-hydrogen) atoms. The summed E-state index contributed by atoms with van der Waals surface area (Å²) in [5.41, 5.74) is 5.00. The highest BCUT2D eigenvalue weighted by molar-refractivity contribution is 7.71. The molecule has 0 spiro atoms. The Hall–Kier alpha value is -2.22. The number of nitrogens with zero attached hydrogens (tertiary/aromatic N) is 2. The minimum Gasteiger partial charge on any atom is -0.490 e. The molecule has 9 heteroatoms. The van der Waals surface area contributed by atoms with Crippen LogP contribution in [0.2, 0.25) is 10.0 Å². The molecule has 1 heterocycles. The Morgan fingerprint density at radius 2 is 2.00 bits per heavy atom. The molecule has 6 nitrogen and oxygen atoms in total. The van der Waals surface area contributed by atoms with Crippen LogP contribution in [0, 0.1) is 11.7 Å². The molecular formula is C19H20Cl2N4O2S. The zero-order valence-corrected chi connectivity index (χ0v) is 17.8. The fourth-order valence-electron chi connectivity index (χ4n) is 2.65. The number of aromatic nitrogens is 3. The Bertz CT molecular complexity index is 1020. The molecule has 0 radical (unpaired) electrons. The van der Waals surface area contributed by atoms with E-state index >= 15 is 0 Å². The van der Waals surface area contributed by atoms with E-state index in [0.717, 1.165) is 17.0 Å². The van der Waals surface area contributed by atoms with Gasteiger partial charge in [0.15, 0.2) is 11.5 Å². The monoisotopic (exact) mass is 438 g/mol. The zero-order chi connectivity index (χ0) is 20.1. The van der Waals surface area contributed by atoms with Gasteiger partial charge in [-0.3, -0.25) is 5.10 Å². The summed E-state index contributed by atoms with van der Waals surface area (Å²) >= 11 is 17.5. The Balaban J connectivity index is 1.83. The van der Waals surface area contributed by atoms with Crippen molar-refractivity contribution in [2.75, 3.05) is 12.0 Å². The molecule has 3 rings (SSSR count). The van der Waals surface area contributed by atoms with Gasteiger partial charge in [0.2, 0.25) is 4.77 Å². The predicted molar refractivity (Wildman–Crippen MR) is 114 cm³/mol. The van der Waals surface area contributed by atoms with E-state index in [9.17, 15) is 0 Å². The summed E-state index contributed by atoms with van der Waals surface area (Å²) in [5.74, 6) is 2.05. The van der Waals surface area contributed by atoms with E-state index in [2.05, 4.69) is 15.6 Å². The van der Waals surface area contributed by atoms with Crippen molar-refractivity contribution in [3.8, 4) is 11.5 Å². The van der Waals surface area contributed by atoms with Gasteiger partial charge in [0.1, 0.15) is 12.4 Å². The van der Waals surface area contributed by atoms with Crippen LogP contribution < -0.4 is 14.9 Å². The molecule has 0 bridgehead atoms. The van der Waals surface area contributed by atoms with Crippen molar-refractivity contribution in [1.82, 2.24) is 14.9 Å². The van der Waals surface area contributed by atoms with Gasteiger partial charge in [0.05, 0.1) is 13.2 Å². The van der Waals surface area contributed by atoms with Gasteiger partial charge in [-0.1, -0.05) is 41.4 Å². The molecule has 0 saturated carbocycles. The first-order chi connectivity index (χ1) is 13.5. The van der Waals surface area contributed by atoms with Gasteiger partial charge < -0.3 is 14.9 Å². The molecule has 0 amide bonds. The highest BCUT2D eigenvalue weighted by atomic mass is 35.5. The van der Waals surface area contributed by atoms with Crippen LogP contribution >= 0.6 is 35.4 Å². The van der Waals surface area contributed by atoms with Gasteiger partial charge in [-0.05, 0) is 44.3 Å². The van der Waals surface area contributed by atoms with Crippen LogP contribution in [0.1, 0.15) is 23.9 Å². The molecule has 3 aromatic rings. The zero-order valence-electron chi connectivity index (χ0n) is 15.5. The lowest BCUT2D eigenvalue weighted by atomic mass is 10.2. The minimum atomic E-state index is 0.289. The van der Waals surface area contributed by atoms with Crippen molar-refractivity contribution in [3.05, 3.63) is 68.2 Å². The van der Waals surface area contributed by atoms with E-state index in [1.54, 1.807) is 16.8 Å². The second-order valence-electron chi connectivity index (χ2n) is 5.95. The van der Waals surface area contributed by atoms with Crippen LogP contribution in [0.15, 0.2) is 36.4 Å². The predicted octanol–water partition coefficient (Wildman–Crippen LogP) is 5.28. The highest BCUT2D eigenvalue weighted by Crippen LogP contribution is 2.33. The molecule has 1 aromatic heterocycles. The summed E-state index contributed by atoms with van der Waals surface area (Å²) in [6, 6.07) is 11.1. The first kappa shape index (κ1) is 20.5. The highest BCUT2D eigenvalue weighted by Gasteiger charge is 2.13. The molecule has 0 saturated heterocycles. The number of halogens is 2. The van der Waals surface area contributed by atoms with E-state index in [4.69, 9.17) is 44.9 Å². The van der Waals surface area contributed by atoms with Crippen molar-refractivity contribution in [2.45, 2.75) is 27.0 Å². The van der Waals surface area contributed by atoms with Crippen molar-refractivity contribution in [3.63, 3.8) is 0 Å². The third-order valence-corrected chi connectivity index (χ3v) is 4.88. The topological polar surface area (TPSA) is 64.1 Å². The molecular weight excluding hydrogens is 419 g/mol. The lowest BCUT2D eigenvalue weighted by molar-refractivity contribution is 0.267. The summed E-state index contributed by atoms with van der Waals surface area (Å²) in [6.07, 6.45) is 0. The number of H-pyrrole nitrogens is 1. The maximum absolute atomic E-state index is 6.27. The second-order valence-corrected chi connectivity index (χ2v) is 7.18. The van der Waals surface area contributed by atoms with Crippen molar-refractivity contribution < 1.29 is 9.47 Å². The molecule has 0 unspecified atom stereocenters. The average molecular weight is 439 g/mol. The normalized spacial score (nSPS) is 10.7. The number of nitrogens with one attached hydrogen (secondary N) is 2. The molecule has 0 fully saturated rings. The molecule has 0 aliphatic heterocycles. The van der Waals surface area contributed by atoms with Crippen LogP contribution in [0.3, 0.4) is 0 Å². The van der Waals surface area contributed by atoms with Crippen molar-refractivity contribution in [2.24, 2.45) is 0 Å². The van der Waals surface area contributed by atoms with E-state index < -0.39 is 0 Å². The minimum absolute atomic E-state index is 0.289. The second kappa shape index (κ2) is 9.32. The van der Waals surface area contributed by atoms with Gasteiger partial charge in [-0.25, -0.2) is 4.68 Å². The SMILES string of the molecule is CCOc1cccc(CNn2c(C)n[nH]c2=S)c1OCc1ccc(Cl)cc1Cl. The number of hydrogen-bond donors (Lipinski definition) is 2. The Kier molecular flexibility index (Phi) is 6.83. The fourth-order valence-corrected chi connectivity index (χ4v) is 3.35. The first-order valence-electron chi connectivity index (χ1n) is 8.69. The molecule has 0 aliphatic carbocycles. The van der Waals surface area contributed by atoms with Gasteiger partial charge in [-0.15, -0.1) is 0 Å². The Labute approximate surface area is 178 Å². The third kappa shape index (κ3) is 4.79. The molecule has 2 N–H and O–H groups in total. The van der Waals surface area contributed by atoms with Crippen LogP contribution in [-0.4, -0.2) is 21.5 Å². The van der Waals surface area contributed by atoms with E-state index in [1.807, 2.05) is 38.1 Å². The smallest absolute Gasteiger partial charge is 0.214 e. The number of hydrogen-bond acceptors (Lipinski definition) is 5. The number of ether oxygens (including phenoxy) is 2. The fraction of sp³-hybridized carbons (Fsp3) is 0.263. The Morgan fingerprint density at radius 3 is 2.68 bits per heavy atom. The maximum atomic E-state index is 6.27. The largest absolute Gasteiger partial charge is 0.490 e. The summed E-state index contributed by atoms with van der Waals surface area (Å²) in [5, 5.41) is 7.98. The molecule has 0 atom stereocenters. The van der Waals surface area contributed by atoms with Gasteiger partial charge in [0.25, 0.3) is 0 Å². The van der Waals surface area contributed by atoms with E-state index in [-0.39, 0.29) is 6.61 Å². The summed E-state index contributed by atoms with van der Waals surface area (Å²) < 4.78 is 14.1. The lowest BCUT2D eigenvalue weighted by Crippen LogP contribution is -2.17. The average Bonchev–Trinajstić information content (AvgIpc) is 2.98. The van der Waals surface area contributed by atoms with Crippen LogP contribution in [0.5, 0.6) is 11.5 Å². The van der Waals surface area contributed by atoms with Gasteiger partial charge in [0, 0.05) is 21.2 Å². The number of aryl methyl sites for hydroxylation is 1. The van der Waals surface area contributed by atoms with Crippen LogP contribution in [0.4, 0.5) is 0 Å². The van der Waals surface area contributed by atoms with Crippen LogP contribution in [0.25, 0.3) is 0 Å². The quantitative estimate of drug-likeness (QED) is 0.468. The van der Waals surface area contributed by atoms with Crippen molar-refractivity contribution >= 4 is 35.4 Å². The summed E-state index contributed by atoms with van der Waals surface area (Å²) in [7, 11) is 0. The van der Waals surface area contributed by atoms with E-state index in [1.165, 1.54) is 0 Å². The lowest BCUT2D eigenvalue weighted by Gasteiger charge is -2.17. The Morgan fingerprint density at radius 1 is 1.18 bits per heavy atom. The molecule has 148 valence electrons. The third-order valence-electron chi connectivity index (χ3n) is 4.02. The summed E-state index contributed by atoms with van der Waals surface area (Å²) in [4.78, 5) is 0. The van der Waals surface area contributed by atoms with Crippen LogP contribution in [-0.2, 0) is 13.2 Å². The van der Waals surface area contributed by atoms with E-state index in [0.29, 0.717) is 39.5 Å². The van der Waals surface area contributed by atoms with Gasteiger partial charge in [-0.2, -0.15) is 5.10 Å². The molecule has 0 aliphatic rings. The number of para-hydroxylation sites is 1. The molecule has 2 aromatic carbocycles. The van der Waals surface area contributed by atoms with Crippen molar-refractivity contribution in [1.29, 1.82) is 0 Å². The number of rotatable bonds is 8. The first-order valence-corrected chi connectivity index (χ1v) is 9.85.